The van der Waals surface area contributed by atoms with Crippen LogP contribution in [0.1, 0.15) is 104 Å². The first-order valence-corrected chi connectivity index (χ1v) is 16.4. The summed E-state index contributed by atoms with van der Waals surface area (Å²) in [5, 5.41) is 2.78. The third-order valence-electron chi connectivity index (χ3n) is 5.81. The van der Waals surface area contributed by atoms with Gasteiger partial charge in [-0.3, -0.25) is 9.36 Å². The van der Waals surface area contributed by atoms with Gasteiger partial charge < -0.3 is 23.7 Å². The van der Waals surface area contributed by atoms with Crippen LogP contribution in [0.15, 0.2) is 0 Å². The fraction of sp³-hybridized carbons (Fsp3) is 0.962. The average Bonchev–Trinajstić information content (AvgIpc) is 2.75. The van der Waals surface area contributed by atoms with E-state index in [4.69, 9.17) is 9.05 Å². The molecule has 9 heteroatoms. The average molecular weight is 539 g/mol. The summed E-state index contributed by atoms with van der Waals surface area (Å²) in [6.45, 7) is 4.22. The van der Waals surface area contributed by atoms with Crippen molar-refractivity contribution >= 4 is 25.5 Å². The normalized spacial score (nSPS) is 14.6. The molecular weight excluding hydrogens is 483 g/mol. The van der Waals surface area contributed by atoms with Crippen LogP contribution in [-0.2, 0) is 18.4 Å². The summed E-state index contributed by atoms with van der Waals surface area (Å²) in [6.07, 6.45) is 18.8. The number of quaternary nitrogens is 1. The number of carbonyl (C=O) groups is 1. The molecule has 0 saturated heterocycles. The maximum Gasteiger partial charge on any atom is 0.268 e. The molecule has 7 nitrogen and oxygen atoms in total. The summed E-state index contributed by atoms with van der Waals surface area (Å²) in [5.41, 5.74) is 0. The van der Waals surface area contributed by atoms with E-state index in [-0.39, 0.29) is 25.2 Å². The Balaban J connectivity index is 3.77. The van der Waals surface area contributed by atoms with E-state index in [2.05, 4.69) is 12.2 Å². The minimum Gasteiger partial charge on any atom is -0.756 e. The van der Waals surface area contributed by atoms with Crippen molar-refractivity contribution in [2.45, 2.75) is 110 Å². The topological polar surface area (TPSA) is 87.7 Å². The first-order chi connectivity index (χ1) is 16.6. The predicted octanol–water partition coefficient (Wildman–Crippen LogP) is 5.91. The first-order valence-electron chi connectivity index (χ1n) is 13.8. The van der Waals surface area contributed by atoms with Crippen LogP contribution in [0.2, 0.25) is 0 Å². The van der Waals surface area contributed by atoms with Crippen molar-refractivity contribution in [1.29, 1.82) is 0 Å². The quantitative estimate of drug-likeness (QED) is 0.0883. The molecule has 0 spiro atoms. The molecule has 210 valence electrons. The number of thioether (sulfide) groups is 1. The van der Waals surface area contributed by atoms with Gasteiger partial charge in [-0.05, 0) is 12.2 Å². The Labute approximate surface area is 220 Å². The Morgan fingerprint density at radius 2 is 1.37 bits per heavy atom. The molecule has 1 amide bonds. The van der Waals surface area contributed by atoms with Gasteiger partial charge in [0.1, 0.15) is 13.2 Å². The molecule has 0 heterocycles. The molecule has 0 rings (SSSR count). The van der Waals surface area contributed by atoms with E-state index < -0.39 is 7.82 Å². The second kappa shape index (κ2) is 21.9. The summed E-state index contributed by atoms with van der Waals surface area (Å²) < 4.78 is 22.6. The number of phosphoric acid groups is 1. The van der Waals surface area contributed by atoms with Gasteiger partial charge in [0.2, 0.25) is 5.91 Å². The van der Waals surface area contributed by atoms with E-state index in [0.717, 1.165) is 12.2 Å². The molecule has 0 fully saturated rings. The number of nitrogens with one attached hydrogen (secondary N) is 1. The van der Waals surface area contributed by atoms with Crippen molar-refractivity contribution in [3.63, 3.8) is 0 Å². The number of unbranched alkanes of at least 4 members (excludes halogenated alkanes) is 13. The number of amides is 1. The lowest BCUT2D eigenvalue weighted by atomic mass is 10.0. The maximum atomic E-state index is 12.0. The third kappa shape index (κ3) is 26.8. The van der Waals surface area contributed by atoms with E-state index in [1.807, 2.05) is 21.1 Å². The summed E-state index contributed by atoms with van der Waals surface area (Å²) in [7, 11) is 1.51. The molecule has 0 aromatic heterocycles. The summed E-state index contributed by atoms with van der Waals surface area (Å²) in [6, 6.07) is -0.353. The van der Waals surface area contributed by atoms with Gasteiger partial charge in [-0.1, -0.05) is 90.4 Å². The summed E-state index contributed by atoms with van der Waals surface area (Å²) in [5.74, 6) is 1.43. The molecule has 1 unspecified atom stereocenters. The highest BCUT2D eigenvalue weighted by Gasteiger charge is 2.17. The molecular formula is C26H55N2O5PS. The highest BCUT2D eigenvalue weighted by atomic mass is 32.2. The smallest absolute Gasteiger partial charge is 0.268 e. The van der Waals surface area contributed by atoms with Crippen molar-refractivity contribution < 1.29 is 27.8 Å². The number of hydrogen-bond acceptors (Lipinski definition) is 6. The molecule has 0 bridgehead atoms. The van der Waals surface area contributed by atoms with Crippen molar-refractivity contribution in [3.8, 4) is 0 Å². The van der Waals surface area contributed by atoms with Crippen LogP contribution in [0.25, 0.3) is 0 Å². The highest BCUT2D eigenvalue weighted by molar-refractivity contribution is 7.99. The molecule has 1 N–H and O–H groups in total. The summed E-state index contributed by atoms with van der Waals surface area (Å²) in [4.78, 5) is 23.5. The van der Waals surface area contributed by atoms with E-state index >= 15 is 0 Å². The van der Waals surface area contributed by atoms with Gasteiger partial charge in [0.15, 0.2) is 0 Å². The Hall–Kier alpha value is -0.110. The fourth-order valence-electron chi connectivity index (χ4n) is 3.69. The van der Waals surface area contributed by atoms with Crippen LogP contribution >= 0.6 is 19.6 Å². The molecule has 35 heavy (non-hydrogen) atoms. The minimum absolute atomic E-state index is 0.0724. The van der Waals surface area contributed by atoms with Crippen molar-refractivity contribution in [3.05, 3.63) is 0 Å². The Morgan fingerprint density at radius 3 is 1.83 bits per heavy atom. The SMILES string of the molecule is CCCCCCCCCCCCCCCCSC[C@H](COP(=O)([O-])OCC[N+](C)(C)C)NC(C)=O. The minimum atomic E-state index is -4.37. The second-order valence-electron chi connectivity index (χ2n) is 10.7. The van der Waals surface area contributed by atoms with E-state index in [9.17, 15) is 14.3 Å². The zero-order valence-electron chi connectivity index (χ0n) is 23.4. The van der Waals surface area contributed by atoms with E-state index in [1.165, 1.54) is 90.4 Å². The van der Waals surface area contributed by atoms with Crippen molar-refractivity contribution in [1.82, 2.24) is 5.32 Å². The fourth-order valence-corrected chi connectivity index (χ4v) is 5.47. The number of hydrogen-bond donors (Lipinski definition) is 1. The molecule has 0 aliphatic rings. The first kappa shape index (κ1) is 34.9. The molecule has 0 saturated carbocycles. The molecule has 0 radical (unpaired) electrons. The van der Waals surface area contributed by atoms with Crippen LogP contribution in [-0.4, -0.2) is 68.8 Å². The Morgan fingerprint density at radius 1 is 0.886 bits per heavy atom. The van der Waals surface area contributed by atoms with Crippen LogP contribution in [0, 0.1) is 0 Å². The standard InChI is InChI=1S/C26H55N2O5PS/c1-6-7-8-9-10-11-12-13-14-15-16-17-18-19-22-35-24-26(27-25(2)29)23-33-34(30,31)32-21-20-28(3,4)5/h26H,6-24H2,1-5H3,(H-,27,29,30,31)/t26-/m0/s1. The lowest BCUT2D eigenvalue weighted by Crippen LogP contribution is -2.39. The zero-order valence-corrected chi connectivity index (χ0v) is 25.1. The van der Waals surface area contributed by atoms with Gasteiger partial charge in [-0.25, -0.2) is 0 Å². The van der Waals surface area contributed by atoms with Crippen LogP contribution in [0.5, 0.6) is 0 Å². The van der Waals surface area contributed by atoms with E-state index in [0.29, 0.717) is 16.8 Å². The highest BCUT2D eigenvalue weighted by Crippen LogP contribution is 2.38. The lowest BCUT2D eigenvalue weighted by Gasteiger charge is -2.28. The number of likely N-dealkylation sites (N-methyl/N-ethyl adjacent to an activating group) is 1. The third-order valence-corrected chi connectivity index (χ3v) is 7.99. The van der Waals surface area contributed by atoms with Crippen LogP contribution in [0.4, 0.5) is 0 Å². The largest absolute Gasteiger partial charge is 0.756 e. The zero-order chi connectivity index (χ0) is 26.4. The monoisotopic (exact) mass is 538 g/mol. The summed E-state index contributed by atoms with van der Waals surface area (Å²) >= 11 is 1.73. The Kier molecular flexibility index (Phi) is 21.9. The van der Waals surface area contributed by atoms with Gasteiger partial charge in [-0.2, -0.15) is 11.8 Å². The molecule has 2 atom stereocenters. The van der Waals surface area contributed by atoms with Gasteiger partial charge in [0.05, 0.1) is 33.8 Å². The molecule has 0 aromatic rings. The number of phosphoric ester groups is 1. The van der Waals surface area contributed by atoms with Crippen LogP contribution in [0.3, 0.4) is 0 Å². The van der Waals surface area contributed by atoms with Crippen molar-refractivity contribution in [2.24, 2.45) is 0 Å². The van der Waals surface area contributed by atoms with Gasteiger partial charge >= 0.3 is 0 Å². The molecule has 0 aromatic carbocycles. The van der Waals surface area contributed by atoms with E-state index in [1.54, 1.807) is 11.8 Å². The van der Waals surface area contributed by atoms with Crippen molar-refractivity contribution in [2.75, 3.05) is 52.4 Å². The number of carbonyl (C=O) groups excluding carboxylic acids is 1. The lowest BCUT2D eigenvalue weighted by molar-refractivity contribution is -0.870. The van der Waals surface area contributed by atoms with Crippen LogP contribution < -0.4 is 10.2 Å². The Bertz CT molecular complexity index is 560. The van der Waals surface area contributed by atoms with Gasteiger partial charge in [0, 0.05) is 12.7 Å². The predicted molar refractivity (Wildman–Crippen MR) is 148 cm³/mol. The van der Waals surface area contributed by atoms with Gasteiger partial charge in [0.25, 0.3) is 7.82 Å². The second-order valence-corrected chi connectivity index (χ2v) is 13.2. The number of nitrogens with zero attached hydrogens (tertiary/aromatic N) is 1. The molecule has 0 aliphatic carbocycles. The number of rotatable bonds is 25. The maximum absolute atomic E-state index is 12.0. The molecule has 0 aliphatic heterocycles. The van der Waals surface area contributed by atoms with Gasteiger partial charge in [-0.15, -0.1) is 0 Å².